The highest BCUT2D eigenvalue weighted by Crippen LogP contribution is 2.16. The molecule has 0 aromatic heterocycles. The van der Waals surface area contributed by atoms with E-state index in [0.717, 1.165) is 103 Å². The van der Waals surface area contributed by atoms with E-state index in [-0.39, 0.29) is 31.1 Å². The largest absolute Gasteiger partial charge is 0.462 e. The van der Waals surface area contributed by atoms with Crippen LogP contribution in [0, 0.1) is 0 Å². The summed E-state index contributed by atoms with van der Waals surface area (Å²) in [5.41, 5.74) is 0. The van der Waals surface area contributed by atoms with Crippen molar-refractivity contribution in [3.8, 4) is 0 Å². The molecule has 0 aliphatic rings. The van der Waals surface area contributed by atoms with Gasteiger partial charge in [-0.05, 0) is 89.9 Å². The summed E-state index contributed by atoms with van der Waals surface area (Å²) in [6, 6.07) is 0. The second-order valence-corrected chi connectivity index (χ2v) is 19.5. The van der Waals surface area contributed by atoms with Gasteiger partial charge in [-0.3, -0.25) is 14.4 Å². The van der Waals surface area contributed by atoms with Crippen molar-refractivity contribution in [1.82, 2.24) is 0 Å². The number of carbonyl (C=O) groups excluding carboxylic acids is 3. The maximum Gasteiger partial charge on any atom is 0.306 e. The van der Waals surface area contributed by atoms with E-state index in [9.17, 15) is 14.4 Å². The molecule has 0 radical (unpaired) electrons. The smallest absolute Gasteiger partial charge is 0.306 e. The molecule has 0 fully saturated rings. The van der Waals surface area contributed by atoms with Gasteiger partial charge in [-0.2, -0.15) is 0 Å². The molecule has 1 atom stereocenters. The topological polar surface area (TPSA) is 78.9 Å². The molecule has 0 N–H and O–H groups in total. The zero-order valence-corrected chi connectivity index (χ0v) is 45.6. The van der Waals surface area contributed by atoms with Gasteiger partial charge >= 0.3 is 17.9 Å². The summed E-state index contributed by atoms with van der Waals surface area (Å²) < 4.78 is 16.8. The van der Waals surface area contributed by atoms with Crippen molar-refractivity contribution in [2.45, 2.75) is 297 Å². The molecule has 1 unspecified atom stereocenters. The maximum absolute atomic E-state index is 12.8. The summed E-state index contributed by atoms with van der Waals surface area (Å²) >= 11 is 0. The fraction of sp³-hybridized carbons (Fsp3) is 0.762. The Kier molecular flexibility index (Phi) is 54.8. The molecule has 0 bridgehead atoms. The Morgan fingerprint density at radius 1 is 0.304 bits per heavy atom. The van der Waals surface area contributed by atoms with Gasteiger partial charge in [0.15, 0.2) is 6.10 Å². The monoisotopic (exact) mass is 963 g/mol. The van der Waals surface area contributed by atoms with Crippen LogP contribution in [0.5, 0.6) is 0 Å². The molecule has 6 heteroatoms. The first-order chi connectivity index (χ1) is 34.0. The zero-order valence-electron chi connectivity index (χ0n) is 45.6. The van der Waals surface area contributed by atoms with Gasteiger partial charge in [-0.25, -0.2) is 0 Å². The lowest BCUT2D eigenvalue weighted by molar-refractivity contribution is -0.167. The van der Waals surface area contributed by atoms with Gasteiger partial charge in [0.25, 0.3) is 0 Å². The Morgan fingerprint density at radius 3 is 0.884 bits per heavy atom. The first-order valence-electron chi connectivity index (χ1n) is 29.4. The van der Waals surface area contributed by atoms with Crippen LogP contribution in [-0.4, -0.2) is 37.2 Å². The van der Waals surface area contributed by atoms with E-state index in [0.29, 0.717) is 19.3 Å². The molecular weight excluding hydrogens is 853 g/mol. The summed E-state index contributed by atoms with van der Waals surface area (Å²) in [7, 11) is 0. The normalized spacial score (nSPS) is 12.6. The van der Waals surface area contributed by atoms with Crippen LogP contribution in [0.25, 0.3) is 0 Å². The molecule has 0 aromatic rings. The predicted octanol–water partition coefficient (Wildman–Crippen LogP) is 19.8. The van der Waals surface area contributed by atoms with Crippen LogP contribution in [-0.2, 0) is 28.6 Å². The molecular formula is C63H110O6. The van der Waals surface area contributed by atoms with Crippen molar-refractivity contribution in [3.05, 3.63) is 72.9 Å². The number of ether oxygens (including phenoxy) is 3. The number of carbonyl (C=O) groups is 3. The number of unbranched alkanes of at least 4 members (excludes halogenated alkanes) is 30. The van der Waals surface area contributed by atoms with E-state index >= 15 is 0 Å². The lowest BCUT2D eigenvalue weighted by atomic mass is 10.0. The molecule has 0 aliphatic heterocycles. The minimum Gasteiger partial charge on any atom is -0.462 e. The van der Waals surface area contributed by atoms with Gasteiger partial charge in [-0.1, -0.05) is 254 Å². The summed E-state index contributed by atoms with van der Waals surface area (Å²) in [6.07, 6.45) is 73.5. The van der Waals surface area contributed by atoms with Gasteiger partial charge in [0.2, 0.25) is 0 Å². The molecule has 0 spiro atoms. The Bertz CT molecular complexity index is 1290. The summed E-state index contributed by atoms with van der Waals surface area (Å²) in [4.78, 5) is 38.0. The maximum atomic E-state index is 12.8. The lowest BCUT2D eigenvalue weighted by Gasteiger charge is -2.18. The average molecular weight is 964 g/mol. The number of allylic oxidation sites excluding steroid dienone is 12. The van der Waals surface area contributed by atoms with Crippen molar-refractivity contribution >= 4 is 17.9 Å². The number of rotatable bonds is 53. The van der Waals surface area contributed by atoms with Crippen molar-refractivity contribution in [3.63, 3.8) is 0 Å². The second-order valence-electron chi connectivity index (χ2n) is 19.5. The van der Waals surface area contributed by atoms with Crippen LogP contribution in [0.2, 0.25) is 0 Å². The highest BCUT2D eigenvalue weighted by Gasteiger charge is 2.19. The number of hydrogen-bond acceptors (Lipinski definition) is 6. The van der Waals surface area contributed by atoms with Gasteiger partial charge in [0, 0.05) is 19.3 Å². The minimum atomic E-state index is -0.780. The molecule has 0 saturated heterocycles. The first kappa shape index (κ1) is 65.8. The van der Waals surface area contributed by atoms with Crippen LogP contribution in [0.15, 0.2) is 72.9 Å². The van der Waals surface area contributed by atoms with E-state index < -0.39 is 6.10 Å². The molecule has 0 heterocycles. The predicted molar refractivity (Wildman–Crippen MR) is 298 cm³/mol. The third-order valence-corrected chi connectivity index (χ3v) is 12.7. The van der Waals surface area contributed by atoms with Crippen molar-refractivity contribution in [1.29, 1.82) is 0 Å². The number of esters is 3. The van der Waals surface area contributed by atoms with E-state index in [1.165, 1.54) is 148 Å². The molecule has 0 aromatic carbocycles. The Morgan fingerprint density at radius 2 is 0.565 bits per heavy atom. The van der Waals surface area contributed by atoms with Gasteiger partial charge in [-0.15, -0.1) is 0 Å². The van der Waals surface area contributed by atoms with Gasteiger partial charge in [0.05, 0.1) is 0 Å². The van der Waals surface area contributed by atoms with Crippen molar-refractivity contribution in [2.24, 2.45) is 0 Å². The fourth-order valence-electron chi connectivity index (χ4n) is 8.29. The highest BCUT2D eigenvalue weighted by atomic mass is 16.6. The molecule has 69 heavy (non-hydrogen) atoms. The van der Waals surface area contributed by atoms with Crippen LogP contribution in [0.1, 0.15) is 290 Å². The standard InChI is InChI=1S/C63H110O6/c1-4-7-10-13-16-18-20-22-24-26-28-29-30-31-32-33-35-36-38-40-42-44-47-50-53-56-62(65)68-59-60(58-67-61(64)55-52-49-46-15-12-9-6-3)69-63(66)57-54-51-48-45-43-41-39-37-34-27-25-23-21-19-17-14-11-8-5-2/h8,11,17,19-20,22-23,25-26,28,34,37,60H,4-7,9-10,12-16,18,21,24,27,29-33,35-36,38-59H2,1-3H3/b11-8-,19-17-,22-20-,25-23-,28-26-,37-34-. The Labute approximate surface area is 427 Å². The van der Waals surface area contributed by atoms with Gasteiger partial charge < -0.3 is 14.2 Å². The average Bonchev–Trinajstić information content (AvgIpc) is 3.35. The third kappa shape index (κ3) is 55.6. The van der Waals surface area contributed by atoms with E-state index in [4.69, 9.17) is 14.2 Å². The summed E-state index contributed by atoms with van der Waals surface area (Å²) in [5, 5.41) is 0. The minimum absolute atomic E-state index is 0.0800. The lowest BCUT2D eigenvalue weighted by Crippen LogP contribution is -2.30. The van der Waals surface area contributed by atoms with Crippen LogP contribution < -0.4 is 0 Å². The molecule has 0 rings (SSSR count). The molecule has 0 saturated carbocycles. The molecule has 398 valence electrons. The molecule has 6 nitrogen and oxygen atoms in total. The third-order valence-electron chi connectivity index (χ3n) is 12.7. The Balaban J connectivity index is 4.17. The van der Waals surface area contributed by atoms with Gasteiger partial charge in [0.1, 0.15) is 13.2 Å². The summed E-state index contributed by atoms with van der Waals surface area (Å²) in [6.45, 7) is 6.48. The Hall–Kier alpha value is -3.15. The van der Waals surface area contributed by atoms with E-state index in [1.54, 1.807) is 0 Å². The second kappa shape index (κ2) is 57.4. The van der Waals surface area contributed by atoms with Crippen LogP contribution in [0.4, 0.5) is 0 Å². The number of hydrogen-bond donors (Lipinski definition) is 0. The van der Waals surface area contributed by atoms with E-state index in [1.807, 2.05) is 0 Å². The van der Waals surface area contributed by atoms with Crippen LogP contribution in [0.3, 0.4) is 0 Å². The SMILES string of the molecule is CC/C=C\C/C=C\C/C=C\C/C=C\CCCCCCCCC(=O)OC(COC(=O)CCCCCCCCC)COC(=O)CCCCCCCCCCCCCCC/C=C\C/C=C\CCCCCCC. The van der Waals surface area contributed by atoms with Crippen molar-refractivity contribution < 1.29 is 28.6 Å². The fourth-order valence-corrected chi connectivity index (χ4v) is 8.29. The van der Waals surface area contributed by atoms with Crippen LogP contribution >= 0.6 is 0 Å². The quantitative estimate of drug-likeness (QED) is 0.0262. The zero-order chi connectivity index (χ0) is 50.0. The summed E-state index contributed by atoms with van der Waals surface area (Å²) in [5.74, 6) is -0.893. The van der Waals surface area contributed by atoms with Crippen molar-refractivity contribution in [2.75, 3.05) is 13.2 Å². The molecule has 0 amide bonds. The molecule has 0 aliphatic carbocycles. The van der Waals surface area contributed by atoms with E-state index in [2.05, 4.69) is 93.7 Å². The highest BCUT2D eigenvalue weighted by molar-refractivity contribution is 5.71. The first-order valence-corrected chi connectivity index (χ1v) is 29.4.